The van der Waals surface area contributed by atoms with Crippen LogP contribution in [0.1, 0.15) is 12.5 Å². The Hall–Kier alpha value is -3.50. The Balaban J connectivity index is 1.97. The van der Waals surface area contributed by atoms with Crippen LogP contribution in [0.3, 0.4) is 0 Å². The van der Waals surface area contributed by atoms with Crippen molar-refractivity contribution in [1.29, 1.82) is 0 Å². The van der Waals surface area contributed by atoms with Gasteiger partial charge in [0.05, 0.1) is 16.3 Å². The summed E-state index contributed by atoms with van der Waals surface area (Å²) in [6, 6.07) is 13.0. The maximum Gasteiger partial charge on any atom is 0.270 e. The molecule has 0 aliphatic heterocycles. The van der Waals surface area contributed by atoms with Crippen LogP contribution >= 0.6 is 11.6 Å². The number of hydrazone groups is 1. The van der Waals surface area contributed by atoms with Crippen LogP contribution in [-0.2, 0) is 10.0 Å². The van der Waals surface area contributed by atoms with E-state index in [2.05, 4.69) is 20.2 Å². The second-order valence-electron chi connectivity index (χ2n) is 6.09. The lowest BCUT2D eigenvalue weighted by molar-refractivity contribution is -0.385. The highest BCUT2D eigenvalue weighted by Gasteiger charge is 2.23. The maximum absolute atomic E-state index is 12.9. The van der Waals surface area contributed by atoms with Gasteiger partial charge in [-0.15, -0.1) is 0 Å². The number of halogens is 1. The predicted octanol–water partition coefficient (Wildman–Crippen LogP) is 4.28. The first-order valence-electron chi connectivity index (χ1n) is 8.54. The monoisotopic (exact) mass is 445 g/mol. The van der Waals surface area contributed by atoms with Gasteiger partial charge in [-0.05, 0) is 49.4 Å². The molecular weight excluding hydrogens is 430 g/mol. The lowest BCUT2D eigenvalue weighted by atomic mass is 10.2. The normalized spacial score (nSPS) is 11.7. The van der Waals surface area contributed by atoms with Gasteiger partial charge in [0.25, 0.3) is 15.7 Å². The van der Waals surface area contributed by atoms with E-state index in [0.29, 0.717) is 10.7 Å². The Bertz CT molecular complexity index is 1200. The molecule has 154 valence electrons. The number of non-ortho nitro benzene ring substituents is 1. The third-order valence-corrected chi connectivity index (χ3v) is 5.68. The third-order valence-electron chi connectivity index (χ3n) is 4.00. The van der Waals surface area contributed by atoms with Crippen molar-refractivity contribution in [2.24, 2.45) is 5.10 Å². The lowest BCUT2D eigenvalue weighted by Crippen LogP contribution is -2.15. The maximum atomic E-state index is 12.9. The summed E-state index contributed by atoms with van der Waals surface area (Å²) < 4.78 is 28.2. The molecule has 0 bridgehead atoms. The topological polar surface area (TPSA) is 127 Å². The fraction of sp³-hybridized carbons (Fsp3) is 0.0526. The summed E-state index contributed by atoms with van der Waals surface area (Å²) in [7, 11) is -4.16. The van der Waals surface area contributed by atoms with Crippen LogP contribution in [0.5, 0.6) is 0 Å². The van der Waals surface area contributed by atoms with Crippen molar-refractivity contribution < 1.29 is 13.3 Å². The van der Waals surface area contributed by atoms with E-state index in [1.165, 1.54) is 36.4 Å². The summed E-state index contributed by atoms with van der Waals surface area (Å²) in [6.45, 7) is 1.73. The number of nitrogens with one attached hydrogen (secondary N) is 2. The highest BCUT2D eigenvalue weighted by molar-refractivity contribution is 7.92. The molecule has 9 nitrogen and oxygen atoms in total. The first-order chi connectivity index (χ1) is 14.3. The molecule has 0 unspecified atom stereocenters. The number of nitrogens with zero attached hydrogens (tertiary/aromatic N) is 3. The van der Waals surface area contributed by atoms with Crippen molar-refractivity contribution in [1.82, 2.24) is 4.98 Å². The standard InChI is InChI=1S/C19H16ClN5O4S/c1-13(14-8-10-21-11-9-14)22-23-18-7-6-17(25(26)27)12-19(18)30(28,29)24-16-4-2-15(20)3-5-16/h2-12,23-24H,1H3/b22-13+. The Labute approximate surface area is 177 Å². The Morgan fingerprint density at radius 2 is 1.77 bits per heavy atom. The zero-order valence-corrected chi connectivity index (χ0v) is 17.2. The highest BCUT2D eigenvalue weighted by atomic mass is 35.5. The summed E-state index contributed by atoms with van der Waals surface area (Å²) >= 11 is 5.82. The summed E-state index contributed by atoms with van der Waals surface area (Å²) in [5, 5.41) is 15.8. The van der Waals surface area contributed by atoms with Gasteiger partial charge in [-0.25, -0.2) is 8.42 Å². The van der Waals surface area contributed by atoms with Crippen molar-refractivity contribution in [3.8, 4) is 0 Å². The molecule has 30 heavy (non-hydrogen) atoms. The SMILES string of the molecule is C/C(=N\Nc1ccc([N+](=O)[O-])cc1S(=O)(=O)Nc1ccc(Cl)cc1)c1ccncc1. The second-order valence-corrected chi connectivity index (χ2v) is 8.18. The first kappa shape index (κ1) is 21.2. The minimum Gasteiger partial charge on any atom is -0.280 e. The average Bonchev–Trinajstić information content (AvgIpc) is 2.74. The zero-order chi connectivity index (χ0) is 21.7. The van der Waals surface area contributed by atoms with E-state index in [9.17, 15) is 18.5 Å². The summed E-state index contributed by atoms with van der Waals surface area (Å²) in [5.41, 5.74) is 4.01. The molecule has 0 saturated heterocycles. The van der Waals surface area contributed by atoms with E-state index in [-0.39, 0.29) is 22.0 Å². The molecule has 0 amide bonds. The lowest BCUT2D eigenvalue weighted by Gasteiger charge is -2.12. The van der Waals surface area contributed by atoms with Crippen molar-refractivity contribution in [3.63, 3.8) is 0 Å². The Morgan fingerprint density at radius 3 is 2.40 bits per heavy atom. The second kappa shape index (κ2) is 8.89. The van der Waals surface area contributed by atoms with E-state index >= 15 is 0 Å². The number of pyridine rings is 1. The predicted molar refractivity (Wildman–Crippen MR) is 115 cm³/mol. The van der Waals surface area contributed by atoms with Gasteiger partial charge in [-0.2, -0.15) is 5.10 Å². The van der Waals surface area contributed by atoms with Gasteiger partial charge in [0.2, 0.25) is 0 Å². The van der Waals surface area contributed by atoms with E-state index < -0.39 is 14.9 Å². The molecule has 0 aliphatic rings. The molecule has 0 aliphatic carbocycles. The number of rotatable bonds is 7. The summed E-state index contributed by atoms with van der Waals surface area (Å²) in [5.74, 6) is 0. The van der Waals surface area contributed by atoms with E-state index in [1.54, 1.807) is 31.5 Å². The molecule has 0 atom stereocenters. The van der Waals surface area contributed by atoms with Gasteiger partial charge in [0.15, 0.2) is 0 Å². The van der Waals surface area contributed by atoms with Crippen LogP contribution in [0.15, 0.2) is 77.0 Å². The molecule has 3 aromatic rings. The summed E-state index contributed by atoms with van der Waals surface area (Å²) in [4.78, 5) is 14.1. The number of nitro benzene ring substituents is 1. The molecule has 2 N–H and O–H groups in total. The molecule has 2 aromatic carbocycles. The summed E-state index contributed by atoms with van der Waals surface area (Å²) in [6.07, 6.45) is 3.21. The number of benzene rings is 2. The minimum atomic E-state index is -4.16. The largest absolute Gasteiger partial charge is 0.280 e. The Morgan fingerprint density at radius 1 is 1.10 bits per heavy atom. The quantitative estimate of drug-likeness (QED) is 0.317. The van der Waals surface area contributed by atoms with Crippen molar-refractivity contribution in [3.05, 3.63) is 87.7 Å². The molecule has 11 heteroatoms. The molecule has 1 aromatic heterocycles. The van der Waals surface area contributed by atoms with Crippen molar-refractivity contribution >= 4 is 44.4 Å². The first-order valence-corrected chi connectivity index (χ1v) is 10.4. The molecule has 0 radical (unpaired) electrons. The van der Waals surface area contributed by atoms with Gasteiger partial charge in [-0.3, -0.25) is 25.2 Å². The fourth-order valence-corrected chi connectivity index (χ4v) is 3.83. The highest BCUT2D eigenvalue weighted by Crippen LogP contribution is 2.28. The minimum absolute atomic E-state index is 0.0791. The molecule has 1 heterocycles. The number of hydrogen-bond donors (Lipinski definition) is 2. The average molecular weight is 446 g/mol. The van der Waals surface area contributed by atoms with Crippen LogP contribution in [0.4, 0.5) is 17.1 Å². The number of hydrogen-bond acceptors (Lipinski definition) is 7. The van der Waals surface area contributed by atoms with Crippen LogP contribution in [0.2, 0.25) is 5.02 Å². The number of sulfonamides is 1. The third kappa shape index (κ3) is 5.10. The van der Waals surface area contributed by atoms with Gasteiger partial charge < -0.3 is 0 Å². The molecule has 0 fully saturated rings. The number of anilines is 2. The smallest absolute Gasteiger partial charge is 0.270 e. The number of nitro groups is 1. The zero-order valence-electron chi connectivity index (χ0n) is 15.6. The van der Waals surface area contributed by atoms with E-state index in [1.807, 2.05) is 0 Å². The van der Waals surface area contributed by atoms with Gasteiger partial charge in [0.1, 0.15) is 4.90 Å². The van der Waals surface area contributed by atoms with Crippen molar-refractivity contribution in [2.75, 3.05) is 10.1 Å². The molecule has 0 saturated carbocycles. The van der Waals surface area contributed by atoms with Gasteiger partial charge in [-0.1, -0.05) is 11.6 Å². The molecular formula is C19H16ClN5O4S. The Kier molecular flexibility index (Phi) is 6.28. The van der Waals surface area contributed by atoms with Crippen LogP contribution in [0, 0.1) is 10.1 Å². The van der Waals surface area contributed by atoms with Gasteiger partial charge >= 0.3 is 0 Å². The number of aromatic nitrogens is 1. The van der Waals surface area contributed by atoms with Crippen LogP contribution in [-0.4, -0.2) is 24.0 Å². The van der Waals surface area contributed by atoms with E-state index in [0.717, 1.165) is 11.6 Å². The fourth-order valence-electron chi connectivity index (χ4n) is 2.47. The van der Waals surface area contributed by atoms with Crippen molar-refractivity contribution in [2.45, 2.75) is 11.8 Å². The van der Waals surface area contributed by atoms with Crippen LogP contribution in [0.25, 0.3) is 0 Å². The van der Waals surface area contributed by atoms with Gasteiger partial charge in [0, 0.05) is 40.8 Å². The molecule has 3 rings (SSSR count). The van der Waals surface area contributed by atoms with Crippen LogP contribution < -0.4 is 10.1 Å². The molecule has 0 spiro atoms. The van der Waals surface area contributed by atoms with E-state index in [4.69, 9.17) is 11.6 Å².